The average molecular weight is 722 g/mol. The van der Waals surface area contributed by atoms with E-state index in [1.807, 2.05) is 39.0 Å². The van der Waals surface area contributed by atoms with Crippen LogP contribution in [-0.2, 0) is 27.5 Å². The Balaban J connectivity index is 1.21. The quantitative estimate of drug-likeness (QED) is 0.131. The third-order valence-electron chi connectivity index (χ3n) is 11.8. The Morgan fingerprint density at radius 2 is 1.51 bits per heavy atom. The van der Waals surface area contributed by atoms with Gasteiger partial charge in [0.25, 0.3) is 0 Å². The number of sulfone groups is 1. The lowest BCUT2D eigenvalue weighted by Crippen LogP contribution is -2.35. The number of benzene rings is 5. The van der Waals surface area contributed by atoms with Gasteiger partial charge in [-0.25, -0.2) is 8.42 Å². The highest BCUT2D eigenvalue weighted by molar-refractivity contribution is 7.92. The van der Waals surface area contributed by atoms with Crippen molar-refractivity contribution in [2.75, 3.05) is 18.0 Å². The van der Waals surface area contributed by atoms with Crippen molar-refractivity contribution in [3.63, 3.8) is 0 Å². The number of carbonyl (C=O) groups is 1. The normalized spacial score (nSPS) is 19.8. The first-order valence-corrected chi connectivity index (χ1v) is 20.5. The van der Waals surface area contributed by atoms with Gasteiger partial charge in [-0.05, 0) is 68.0 Å². The lowest BCUT2D eigenvalue weighted by Gasteiger charge is -2.31. The molecule has 9 rings (SSSR count). The zero-order valence-electron chi connectivity index (χ0n) is 30.6. The van der Waals surface area contributed by atoms with Gasteiger partial charge in [-0.3, -0.25) is 4.79 Å². The molecular formula is C46H45N2O4S+. The van der Waals surface area contributed by atoms with E-state index in [1.165, 1.54) is 22.5 Å². The topological polar surface area (TPSA) is 70.6 Å². The van der Waals surface area contributed by atoms with Crippen LogP contribution in [0.25, 0.3) is 33.4 Å². The minimum atomic E-state index is -3.73. The lowest BCUT2D eigenvalue weighted by atomic mass is 9.76. The Bertz CT molecular complexity index is 2570. The minimum absolute atomic E-state index is 0.0890. The van der Waals surface area contributed by atoms with Crippen molar-refractivity contribution < 1.29 is 17.6 Å². The molecule has 0 atom stereocenters. The summed E-state index contributed by atoms with van der Waals surface area (Å²) in [5.41, 5.74) is 8.81. The maximum absolute atomic E-state index is 14.7. The predicted octanol–water partition coefficient (Wildman–Crippen LogP) is 9.51. The fraction of sp³-hybridized carbons (Fsp3) is 0.304. The van der Waals surface area contributed by atoms with E-state index in [4.69, 9.17) is 4.42 Å². The molecule has 268 valence electrons. The van der Waals surface area contributed by atoms with E-state index in [0.717, 1.165) is 53.5 Å². The Labute approximate surface area is 311 Å². The van der Waals surface area contributed by atoms with E-state index in [2.05, 4.69) is 94.4 Å². The van der Waals surface area contributed by atoms with Crippen LogP contribution in [0.4, 0.5) is 17.1 Å². The highest BCUT2D eigenvalue weighted by Gasteiger charge is 2.39. The van der Waals surface area contributed by atoms with Crippen molar-refractivity contribution in [1.29, 1.82) is 0 Å². The summed E-state index contributed by atoms with van der Waals surface area (Å²) in [6.07, 6.45) is 4.12. The van der Waals surface area contributed by atoms with Crippen LogP contribution in [0.2, 0.25) is 0 Å². The Hall–Kier alpha value is -5.01. The molecule has 53 heavy (non-hydrogen) atoms. The van der Waals surface area contributed by atoms with Crippen LogP contribution in [0.5, 0.6) is 0 Å². The van der Waals surface area contributed by atoms with Gasteiger partial charge in [0.1, 0.15) is 17.1 Å². The molecule has 3 aliphatic heterocycles. The third kappa shape index (κ3) is 5.81. The lowest BCUT2D eigenvalue weighted by molar-refractivity contribution is -0.131. The van der Waals surface area contributed by atoms with Crippen LogP contribution in [0.15, 0.2) is 119 Å². The Morgan fingerprint density at radius 3 is 2.32 bits per heavy atom. The largest absolute Gasteiger partial charge is 0.456 e. The molecule has 0 saturated heterocycles. The molecule has 3 heterocycles. The molecule has 0 unspecified atom stereocenters. The number of fused-ring (bicyclic) bond motifs is 4. The predicted molar refractivity (Wildman–Crippen MR) is 213 cm³/mol. The summed E-state index contributed by atoms with van der Waals surface area (Å²) in [4.78, 5) is 15.8. The number of nitrogens with zero attached hydrogens (tertiary/aromatic N) is 2. The number of anilines is 2. The molecule has 4 aromatic rings. The summed E-state index contributed by atoms with van der Waals surface area (Å²) >= 11 is 0. The molecule has 0 bridgehead atoms. The smallest absolute Gasteiger partial charge is 0.209 e. The summed E-state index contributed by atoms with van der Waals surface area (Å²) in [6, 6.07) is 37.2. The molecule has 0 radical (unpaired) electrons. The van der Waals surface area contributed by atoms with Crippen LogP contribution < -0.4 is 14.8 Å². The second-order valence-electron chi connectivity index (χ2n) is 16.0. The molecule has 4 aromatic carbocycles. The van der Waals surface area contributed by atoms with Crippen LogP contribution in [0.3, 0.4) is 0 Å². The summed E-state index contributed by atoms with van der Waals surface area (Å²) < 4.78 is 38.6. The maximum atomic E-state index is 14.7. The van der Waals surface area contributed by atoms with E-state index >= 15 is 0 Å². The zero-order valence-corrected chi connectivity index (χ0v) is 31.5. The van der Waals surface area contributed by atoms with Gasteiger partial charge in [-0.2, -0.15) is 4.58 Å². The first-order chi connectivity index (χ1) is 25.6. The molecule has 5 aliphatic rings. The zero-order chi connectivity index (χ0) is 36.5. The van der Waals surface area contributed by atoms with E-state index in [0.29, 0.717) is 47.5 Å². The summed E-state index contributed by atoms with van der Waals surface area (Å²) in [6.45, 7) is 7.63. The highest BCUT2D eigenvalue weighted by Crippen LogP contribution is 2.46. The van der Waals surface area contributed by atoms with Crippen molar-refractivity contribution in [1.82, 2.24) is 4.58 Å². The van der Waals surface area contributed by atoms with Gasteiger partial charge >= 0.3 is 0 Å². The van der Waals surface area contributed by atoms with Crippen LogP contribution in [-0.4, -0.2) is 32.5 Å². The monoisotopic (exact) mass is 721 g/mol. The fourth-order valence-electron chi connectivity index (χ4n) is 9.05. The average Bonchev–Trinajstić information content (AvgIpc) is 3.81. The number of carbonyl (C=O) groups excluding carboxylic acids is 1. The first-order valence-electron chi connectivity index (χ1n) is 19.0. The summed E-state index contributed by atoms with van der Waals surface area (Å²) in [5.74, 6) is 0.851. The van der Waals surface area contributed by atoms with Gasteiger partial charge in [0.2, 0.25) is 11.0 Å². The Morgan fingerprint density at radius 1 is 0.774 bits per heavy atom. The van der Waals surface area contributed by atoms with Crippen molar-refractivity contribution in [2.24, 2.45) is 11.3 Å². The third-order valence-corrected chi connectivity index (χ3v) is 14.1. The number of para-hydroxylation sites is 2. The molecule has 1 fully saturated rings. The molecule has 1 saturated carbocycles. The van der Waals surface area contributed by atoms with Gasteiger partial charge in [0.05, 0.1) is 16.2 Å². The van der Waals surface area contributed by atoms with Crippen molar-refractivity contribution in [3.8, 4) is 22.5 Å². The second-order valence-corrected chi connectivity index (χ2v) is 18.2. The molecule has 0 spiro atoms. The first kappa shape index (κ1) is 33.8. The van der Waals surface area contributed by atoms with Crippen molar-refractivity contribution >= 4 is 43.7 Å². The number of rotatable bonds is 5. The molecule has 2 aliphatic carbocycles. The van der Waals surface area contributed by atoms with E-state index in [-0.39, 0.29) is 11.7 Å². The molecule has 7 heteroatoms. The fourth-order valence-corrected chi connectivity index (χ4v) is 11.1. The Kier molecular flexibility index (Phi) is 8.19. The molecular weight excluding hydrogens is 677 g/mol. The molecule has 6 nitrogen and oxygen atoms in total. The van der Waals surface area contributed by atoms with Gasteiger partial charge < -0.3 is 9.32 Å². The maximum Gasteiger partial charge on any atom is 0.209 e. The summed E-state index contributed by atoms with van der Waals surface area (Å²) in [7, 11) is -3.73. The van der Waals surface area contributed by atoms with Gasteiger partial charge in [-0.15, -0.1) is 0 Å². The van der Waals surface area contributed by atoms with E-state index < -0.39 is 20.5 Å². The minimum Gasteiger partial charge on any atom is -0.456 e. The van der Waals surface area contributed by atoms with Gasteiger partial charge in [0.15, 0.2) is 16.4 Å². The van der Waals surface area contributed by atoms with Crippen LogP contribution in [0.1, 0.15) is 57.6 Å². The molecule has 0 amide bonds. The molecule has 0 aromatic heterocycles. The highest BCUT2D eigenvalue weighted by atomic mass is 32.2. The SMILES string of the molecule is CC(C)(C)C(=O)C1CCC(S(=O)(=O)c2ccccc2-c2c3ccc(=[N+]4CCc5ccccc54)cc-3oc3cc(N4CCc5ccccc54)ccc23)CC1. The second kappa shape index (κ2) is 12.8. The summed E-state index contributed by atoms with van der Waals surface area (Å²) in [5, 5.41) is 1.38. The number of ketones is 1. The molecule has 0 N–H and O–H groups in total. The van der Waals surface area contributed by atoms with Gasteiger partial charge in [-0.1, -0.05) is 75.4 Å². The van der Waals surface area contributed by atoms with Gasteiger partial charge in [0, 0.05) is 81.5 Å². The number of Topliss-reactive ketones (excluding diaryl/α,β-unsaturated/α-hetero) is 1. The van der Waals surface area contributed by atoms with Crippen molar-refractivity contribution in [2.45, 2.75) is 69.4 Å². The van der Waals surface area contributed by atoms with Crippen LogP contribution in [0, 0.1) is 11.3 Å². The van der Waals surface area contributed by atoms with Crippen molar-refractivity contribution in [3.05, 3.63) is 126 Å². The van der Waals surface area contributed by atoms with Crippen LogP contribution >= 0.6 is 0 Å². The number of hydrogen-bond acceptors (Lipinski definition) is 5. The van der Waals surface area contributed by atoms with E-state index in [1.54, 1.807) is 6.07 Å². The number of hydrogen-bond donors (Lipinski definition) is 0. The standard InChI is InChI=1S/C46H45N2O4S/c1-46(2,3)45(49)32-16-20-35(21-17-32)53(50,51)43-15-9-6-12-38(43)44-36-22-18-33(47-26-24-30-10-4-7-13-39(30)47)28-41(36)52-42-29-34(19-23-37(42)44)48-27-25-31-11-5-8-14-40(31)48/h4-15,18-19,22-23,28-29,32,35H,16-17,20-21,24-27H2,1-3H3/q+1. The van der Waals surface area contributed by atoms with E-state index in [9.17, 15) is 13.2 Å².